The Morgan fingerprint density at radius 1 is 1.37 bits per heavy atom. The fourth-order valence-electron chi connectivity index (χ4n) is 2.00. The Kier molecular flexibility index (Phi) is 5.07. The van der Waals surface area contributed by atoms with Gasteiger partial charge in [0.2, 0.25) is 0 Å². The Balaban J connectivity index is 1.82. The summed E-state index contributed by atoms with van der Waals surface area (Å²) in [7, 11) is 0. The molecule has 2 N–H and O–H groups in total. The SMILES string of the molecule is Cc1ncccc1CNC(C)CC(O)c1cccs1. The zero-order valence-electron chi connectivity index (χ0n) is 11.3. The molecule has 0 fully saturated rings. The van der Waals surface area contributed by atoms with Crippen molar-refractivity contribution in [2.45, 2.75) is 39.0 Å². The number of aryl methyl sites for hydroxylation is 1. The molecule has 3 nitrogen and oxygen atoms in total. The maximum atomic E-state index is 10.1. The van der Waals surface area contributed by atoms with Gasteiger partial charge in [0, 0.05) is 29.4 Å². The van der Waals surface area contributed by atoms with E-state index in [-0.39, 0.29) is 12.1 Å². The van der Waals surface area contributed by atoms with Gasteiger partial charge in [-0.15, -0.1) is 11.3 Å². The van der Waals surface area contributed by atoms with E-state index >= 15 is 0 Å². The molecule has 0 radical (unpaired) electrons. The molecule has 2 unspecified atom stereocenters. The third-order valence-electron chi connectivity index (χ3n) is 3.21. The van der Waals surface area contributed by atoms with E-state index in [1.165, 1.54) is 5.56 Å². The standard InChI is InChI=1S/C15H20N2OS/c1-11(9-14(18)15-6-4-8-19-15)17-10-13-5-3-7-16-12(13)2/h3-8,11,14,17-18H,9-10H2,1-2H3. The molecule has 4 heteroatoms. The van der Waals surface area contributed by atoms with Gasteiger partial charge in [-0.2, -0.15) is 0 Å². The maximum absolute atomic E-state index is 10.1. The summed E-state index contributed by atoms with van der Waals surface area (Å²) in [6.45, 7) is 4.91. The van der Waals surface area contributed by atoms with Gasteiger partial charge in [-0.25, -0.2) is 0 Å². The van der Waals surface area contributed by atoms with Gasteiger partial charge in [-0.3, -0.25) is 4.98 Å². The first-order valence-electron chi connectivity index (χ1n) is 6.52. The van der Waals surface area contributed by atoms with E-state index < -0.39 is 0 Å². The number of aliphatic hydroxyl groups is 1. The largest absolute Gasteiger partial charge is 0.388 e. The molecular weight excluding hydrogens is 256 g/mol. The monoisotopic (exact) mass is 276 g/mol. The van der Waals surface area contributed by atoms with Gasteiger partial charge >= 0.3 is 0 Å². The van der Waals surface area contributed by atoms with E-state index in [1.54, 1.807) is 11.3 Å². The minimum atomic E-state index is -0.377. The third-order valence-corrected chi connectivity index (χ3v) is 4.18. The number of pyridine rings is 1. The minimum Gasteiger partial charge on any atom is -0.388 e. The van der Waals surface area contributed by atoms with Gasteiger partial charge in [-0.05, 0) is 43.3 Å². The smallest absolute Gasteiger partial charge is 0.0896 e. The highest BCUT2D eigenvalue weighted by atomic mass is 32.1. The van der Waals surface area contributed by atoms with Crippen molar-refractivity contribution < 1.29 is 5.11 Å². The first-order valence-corrected chi connectivity index (χ1v) is 7.40. The molecule has 0 aliphatic rings. The second-order valence-corrected chi connectivity index (χ2v) is 5.78. The van der Waals surface area contributed by atoms with Crippen LogP contribution < -0.4 is 5.32 Å². The summed E-state index contributed by atoms with van der Waals surface area (Å²) in [5, 5.41) is 15.5. The number of nitrogens with one attached hydrogen (secondary N) is 1. The molecule has 0 aliphatic heterocycles. The summed E-state index contributed by atoms with van der Waals surface area (Å²) in [6, 6.07) is 8.25. The van der Waals surface area contributed by atoms with Crippen LogP contribution in [0.4, 0.5) is 0 Å². The summed E-state index contributed by atoms with van der Waals surface area (Å²) < 4.78 is 0. The number of nitrogens with zero attached hydrogens (tertiary/aromatic N) is 1. The second-order valence-electron chi connectivity index (χ2n) is 4.80. The number of thiophene rings is 1. The molecular formula is C15H20N2OS. The molecule has 2 atom stereocenters. The Morgan fingerprint density at radius 2 is 2.21 bits per heavy atom. The highest BCUT2D eigenvalue weighted by molar-refractivity contribution is 7.10. The molecule has 2 aromatic heterocycles. The molecule has 0 aliphatic carbocycles. The first-order chi connectivity index (χ1) is 9.16. The average Bonchev–Trinajstić information content (AvgIpc) is 2.91. The van der Waals surface area contributed by atoms with Crippen LogP contribution in [0, 0.1) is 6.92 Å². The van der Waals surface area contributed by atoms with Crippen molar-refractivity contribution in [2.75, 3.05) is 0 Å². The average molecular weight is 276 g/mol. The van der Waals surface area contributed by atoms with E-state index in [4.69, 9.17) is 0 Å². The Hall–Kier alpha value is -1.23. The van der Waals surface area contributed by atoms with Crippen molar-refractivity contribution in [1.82, 2.24) is 10.3 Å². The molecule has 0 spiro atoms. The predicted octanol–water partition coefficient (Wildman–Crippen LogP) is 3.05. The summed E-state index contributed by atoms with van der Waals surface area (Å²) in [5.74, 6) is 0. The van der Waals surface area contributed by atoms with Crippen LogP contribution in [-0.2, 0) is 6.54 Å². The lowest BCUT2D eigenvalue weighted by Crippen LogP contribution is -2.27. The van der Waals surface area contributed by atoms with Crippen LogP contribution in [0.15, 0.2) is 35.8 Å². The maximum Gasteiger partial charge on any atom is 0.0896 e. The van der Waals surface area contributed by atoms with Crippen LogP contribution in [0.5, 0.6) is 0 Å². The second kappa shape index (κ2) is 6.80. The predicted molar refractivity (Wildman–Crippen MR) is 79.2 cm³/mol. The van der Waals surface area contributed by atoms with Gasteiger partial charge in [0.25, 0.3) is 0 Å². The van der Waals surface area contributed by atoms with Gasteiger partial charge in [0.05, 0.1) is 6.10 Å². The molecule has 102 valence electrons. The van der Waals surface area contributed by atoms with Crippen molar-refractivity contribution >= 4 is 11.3 Å². The normalized spacial score (nSPS) is 14.3. The van der Waals surface area contributed by atoms with E-state index in [0.717, 1.165) is 23.5 Å². The van der Waals surface area contributed by atoms with Gasteiger partial charge < -0.3 is 10.4 Å². The minimum absolute atomic E-state index is 0.261. The van der Waals surface area contributed by atoms with Crippen molar-refractivity contribution in [1.29, 1.82) is 0 Å². The van der Waals surface area contributed by atoms with Gasteiger partial charge in [-0.1, -0.05) is 12.1 Å². The van der Waals surface area contributed by atoms with Crippen LogP contribution in [-0.4, -0.2) is 16.1 Å². The van der Waals surface area contributed by atoms with Crippen LogP contribution >= 0.6 is 11.3 Å². The fourth-order valence-corrected chi connectivity index (χ4v) is 2.73. The molecule has 0 saturated carbocycles. The van der Waals surface area contributed by atoms with Crippen LogP contribution in [0.1, 0.15) is 35.6 Å². The van der Waals surface area contributed by atoms with E-state index in [9.17, 15) is 5.11 Å². The molecule has 0 bridgehead atoms. The molecule has 2 aromatic rings. The molecule has 19 heavy (non-hydrogen) atoms. The number of aliphatic hydroxyl groups excluding tert-OH is 1. The van der Waals surface area contributed by atoms with Crippen LogP contribution in [0.2, 0.25) is 0 Å². The fraction of sp³-hybridized carbons (Fsp3) is 0.400. The quantitative estimate of drug-likeness (QED) is 0.852. The lowest BCUT2D eigenvalue weighted by molar-refractivity contribution is 0.157. The Bertz CT molecular complexity index is 499. The molecule has 2 heterocycles. The number of hydrogen-bond donors (Lipinski definition) is 2. The van der Waals surface area contributed by atoms with Gasteiger partial charge in [0.1, 0.15) is 0 Å². The van der Waals surface area contributed by atoms with E-state index in [2.05, 4.69) is 23.3 Å². The van der Waals surface area contributed by atoms with Crippen molar-refractivity contribution in [3.8, 4) is 0 Å². The summed E-state index contributed by atoms with van der Waals surface area (Å²) in [5.41, 5.74) is 2.26. The number of rotatable bonds is 6. The zero-order chi connectivity index (χ0) is 13.7. The van der Waals surface area contributed by atoms with Crippen LogP contribution in [0.3, 0.4) is 0 Å². The molecule has 0 saturated heterocycles. The number of aromatic nitrogens is 1. The summed E-state index contributed by atoms with van der Waals surface area (Å²) in [6.07, 6.45) is 2.15. The lowest BCUT2D eigenvalue weighted by Gasteiger charge is -2.17. The molecule has 0 amide bonds. The van der Waals surface area contributed by atoms with Crippen molar-refractivity contribution in [2.24, 2.45) is 0 Å². The molecule has 2 rings (SSSR count). The lowest BCUT2D eigenvalue weighted by atomic mass is 10.1. The summed E-state index contributed by atoms with van der Waals surface area (Å²) >= 11 is 1.60. The Labute approximate surface area is 118 Å². The number of hydrogen-bond acceptors (Lipinski definition) is 4. The third kappa shape index (κ3) is 4.13. The molecule has 0 aromatic carbocycles. The Morgan fingerprint density at radius 3 is 2.89 bits per heavy atom. The topological polar surface area (TPSA) is 45.2 Å². The first kappa shape index (κ1) is 14.2. The van der Waals surface area contributed by atoms with Crippen molar-refractivity contribution in [3.63, 3.8) is 0 Å². The van der Waals surface area contributed by atoms with Gasteiger partial charge in [0.15, 0.2) is 0 Å². The summed E-state index contributed by atoms with van der Waals surface area (Å²) in [4.78, 5) is 5.30. The zero-order valence-corrected chi connectivity index (χ0v) is 12.2. The highest BCUT2D eigenvalue weighted by Gasteiger charge is 2.13. The van der Waals surface area contributed by atoms with Crippen molar-refractivity contribution in [3.05, 3.63) is 52.0 Å². The van der Waals surface area contributed by atoms with E-state index in [0.29, 0.717) is 0 Å². The van der Waals surface area contributed by atoms with E-state index in [1.807, 2.05) is 36.7 Å². The van der Waals surface area contributed by atoms with Crippen LogP contribution in [0.25, 0.3) is 0 Å². The highest BCUT2D eigenvalue weighted by Crippen LogP contribution is 2.22.